The summed E-state index contributed by atoms with van der Waals surface area (Å²) in [6, 6.07) is 6.62. The van der Waals surface area contributed by atoms with Crippen LogP contribution in [0.1, 0.15) is 12.6 Å². The van der Waals surface area contributed by atoms with Crippen molar-refractivity contribution < 1.29 is 13.5 Å². The van der Waals surface area contributed by atoms with Crippen LogP contribution in [-0.2, 0) is 22.9 Å². The highest BCUT2D eigenvalue weighted by Crippen LogP contribution is 2.15. The molecule has 0 aliphatic rings. The first-order valence-corrected chi connectivity index (χ1v) is 8.27. The van der Waals surface area contributed by atoms with Gasteiger partial charge < -0.3 is 10.4 Å². The van der Waals surface area contributed by atoms with E-state index in [-0.39, 0.29) is 12.4 Å². The molecule has 1 heterocycles. The molecule has 0 radical (unpaired) electrons. The third kappa shape index (κ3) is 4.02. The van der Waals surface area contributed by atoms with Gasteiger partial charge in [-0.05, 0) is 24.3 Å². The Bertz CT molecular complexity index is 680. The molecule has 0 atom stereocenters. The number of nitrogens with one attached hydrogen (secondary N) is 1. The van der Waals surface area contributed by atoms with Gasteiger partial charge in [0, 0.05) is 5.69 Å². The second kappa shape index (κ2) is 6.68. The van der Waals surface area contributed by atoms with Crippen molar-refractivity contribution >= 4 is 15.5 Å². The van der Waals surface area contributed by atoms with Gasteiger partial charge >= 0.3 is 0 Å². The van der Waals surface area contributed by atoms with E-state index in [2.05, 4.69) is 15.6 Å². The lowest BCUT2D eigenvalue weighted by Crippen LogP contribution is -2.04. The molecule has 0 spiro atoms. The molecule has 0 bridgehead atoms. The van der Waals surface area contributed by atoms with Crippen molar-refractivity contribution in [3.63, 3.8) is 0 Å². The molecule has 21 heavy (non-hydrogen) atoms. The van der Waals surface area contributed by atoms with E-state index in [1.54, 1.807) is 42.1 Å². The van der Waals surface area contributed by atoms with Gasteiger partial charge in [0.25, 0.3) is 0 Å². The summed E-state index contributed by atoms with van der Waals surface area (Å²) < 4.78 is 25.0. The number of anilines is 1. The van der Waals surface area contributed by atoms with E-state index in [1.807, 2.05) is 0 Å². The fourth-order valence-electron chi connectivity index (χ4n) is 1.77. The molecule has 1 aromatic heterocycles. The van der Waals surface area contributed by atoms with Crippen LogP contribution in [0, 0.1) is 0 Å². The van der Waals surface area contributed by atoms with E-state index in [0.29, 0.717) is 18.0 Å². The van der Waals surface area contributed by atoms with Crippen LogP contribution < -0.4 is 5.32 Å². The Morgan fingerprint density at radius 1 is 1.29 bits per heavy atom. The van der Waals surface area contributed by atoms with E-state index in [4.69, 9.17) is 5.11 Å². The van der Waals surface area contributed by atoms with Crippen LogP contribution in [-0.4, -0.2) is 40.9 Å². The first-order chi connectivity index (χ1) is 10.0. The first-order valence-electron chi connectivity index (χ1n) is 6.61. The molecule has 0 saturated carbocycles. The quantitative estimate of drug-likeness (QED) is 0.780. The molecule has 2 N–H and O–H groups in total. The van der Waals surface area contributed by atoms with Crippen LogP contribution in [0.25, 0.3) is 0 Å². The van der Waals surface area contributed by atoms with Crippen molar-refractivity contribution in [3.8, 4) is 0 Å². The number of aromatic nitrogens is 3. The Morgan fingerprint density at radius 2 is 2.00 bits per heavy atom. The zero-order valence-electron chi connectivity index (χ0n) is 11.7. The number of sulfone groups is 1. The second-order valence-electron chi connectivity index (χ2n) is 4.48. The number of aliphatic hydroxyl groups is 1. The third-order valence-electron chi connectivity index (χ3n) is 2.98. The van der Waals surface area contributed by atoms with Gasteiger partial charge in [-0.15, -0.1) is 5.10 Å². The minimum atomic E-state index is -3.16. The van der Waals surface area contributed by atoms with Gasteiger partial charge in [-0.1, -0.05) is 12.1 Å². The SMILES string of the molecule is CCS(=O)(=O)c1ccc(NCc2cn(CCO)nn2)cc1. The summed E-state index contributed by atoms with van der Waals surface area (Å²) in [5.41, 5.74) is 1.55. The molecule has 0 aliphatic heterocycles. The summed E-state index contributed by atoms with van der Waals surface area (Å²) in [7, 11) is -3.16. The van der Waals surface area contributed by atoms with Crippen molar-refractivity contribution in [2.75, 3.05) is 17.7 Å². The summed E-state index contributed by atoms with van der Waals surface area (Å²) >= 11 is 0. The molecule has 2 aromatic rings. The van der Waals surface area contributed by atoms with E-state index in [9.17, 15) is 8.42 Å². The average molecular weight is 310 g/mol. The summed E-state index contributed by atoms with van der Waals surface area (Å²) in [6.07, 6.45) is 1.75. The van der Waals surface area contributed by atoms with E-state index >= 15 is 0 Å². The van der Waals surface area contributed by atoms with Crippen LogP contribution in [0.3, 0.4) is 0 Å². The van der Waals surface area contributed by atoms with Crippen LogP contribution in [0.5, 0.6) is 0 Å². The Hall–Kier alpha value is -1.93. The number of benzene rings is 1. The summed E-state index contributed by atoms with van der Waals surface area (Å²) in [5, 5.41) is 19.8. The summed E-state index contributed by atoms with van der Waals surface area (Å²) in [4.78, 5) is 0.324. The molecule has 8 heteroatoms. The minimum absolute atomic E-state index is 0.0175. The Labute approximate surface area is 123 Å². The Morgan fingerprint density at radius 3 is 2.62 bits per heavy atom. The maximum atomic E-state index is 11.7. The fourth-order valence-corrected chi connectivity index (χ4v) is 2.65. The smallest absolute Gasteiger partial charge is 0.178 e. The number of aliphatic hydroxyl groups excluding tert-OH is 1. The highest BCUT2D eigenvalue weighted by molar-refractivity contribution is 7.91. The second-order valence-corrected chi connectivity index (χ2v) is 6.76. The molecule has 0 fully saturated rings. The third-order valence-corrected chi connectivity index (χ3v) is 4.73. The van der Waals surface area contributed by atoms with E-state index < -0.39 is 9.84 Å². The Balaban J connectivity index is 1.97. The first kappa shape index (κ1) is 15.5. The lowest BCUT2D eigenvalue weighted by Gasteiger charge is -2.06. The highest BCUT2D eigenvalue weighted by Gasteiger charge is 2.10. The van der Waals surface area contributed by atoms with Gasteiger partial charge in [0.15, 0.2) is 9.84 Å². The molecule has 0 amide bonds. The molecular formula is C13H18N4O3S. The van der Waals surface area contributed by atoms with Crippen LogP contribution in [0.4, 0.5) is 5.69 Å². The molecule has 114 valence electrons. The number of hydrogen-bond acceptors (Lipinski definition) is 6. The van der Waals surface area contributed by atoms with Gasteiger partial charge in [0.1, 0.15) is 5.69 Å². The predicted octanol–water partition coefficient (Wildman–Crippen LogP) is 0.676. The Kier molecular flexibility index (Phi) is 4.92. The number of rotatable bonds is 7. The van der Waals surface area contributed by atoms with Crippen molar-refractivity contribution in [3.05, 3.63) is 36.2 Å². The normalized spacial score (nSPS) is 11.5. The van der Waals surface area contributed by atoms with Crippen molar-refractivity contribution in [2.45, 2.75) is 24.9 Å². The fraction of sp³-hybridized carbons (Fsp3) is 0.385. The van der Waals surface area contributed by atoms with Crippen LogP contribution in [0.2, 0.25) is 0 Å². The zero-order valence-corrected chi connectivity index (χ0v) is 12.5. The lowest BCUT2D eigenvalue weighted by molar-refractivity contribution is 0.268. The molecule has 2 rings (SSSR count). The number of nitrogens with zero attached hydrogens (tertiary/aromatic N) is 3. The molecule has 0 aliphatic carbocycles. The van der Waals surface area contributed by atoms with E-state index in [1.165, 1.54) is 0 Å². The topological polar surface area (TPSA) is 97.1 Å². The maximum absolute atomic E-state index is 11.7. The predicted molar refractivity (Wildman–Crippen MR) is 78.6 cm³/mol. The summed E-state index contributed by atoms with van der Waals surface area (Å²) in [5.74, 6) is 0.0910. The monoisotopic (exact) mass is 310 g/mol. The molecule has 0 saturated heterocycles. The van der Waals surface area contributed by atoms with Crippen molar-refractivity contribution in [2.24, 2.45) is 0 Å². The average Bonchev–Trinajstić information content (AvgIpc) is 2.94. The van der Waals surface area contributed by atoms with Crippen LogP contribution >= 0.6 is 0 Å². The van der Waals surface area contributed by atoms with Crippen LogP contribution in [0.15, 0.2) is 35.4 Å². The standard InChI is InChI=1S/C13H18N4O3S/c1-2-21(19,20)13-5-3-11(4-6-13)14-9-12-10-17(7-8-18)16-15-12/h3-6,10,14,18H,2,7-9H2,1H3. The molecular weight excluding hydrogens is 292 g/mol. The molecule has 0 unspecified atom stereocenters. The van der Waals surface area contributed by atoms with Crippen molar-refractivity contribution in [1.82, 2.24) is 15.0 Å². The number of hydrogen-bond donors (Lipinski definition) is 2. The largest absolute Gasteiger partial charge is 0.394 e. The van der Waals surface area contributed by atoms with Gasteiger partial charge in [-0.25, -0.2) is 13.1 Å². The maximum Gasteiger partial charge on any atom is 0.178 e. The molecule has 1 aromatic carbocycles. The zero-order chi connectivity index (χ0) is 15.3. The van der Waals surface area contributed by atoms with Gasteiger partial charge in [0.05, 0.1) is 36.5 Å². The van der Waals surface area contributed by atoms with Gasteiger partial charge in [-0.3, -0.25) is 0 Å². The summed E-state index contributed by atoms with van der Waals surface area (Å²) in [6.45, 7) is 2.53. The lowest BCUT2D eigenvalue weighted by atomic mass is 10.3. The minimum Gasteiger partial charge on any atom is -0.394 e. The van der Waals surface area contributed by atoms with Crippen molar-refractivity contribution in [1.29, 1.82) is 0 Å². The molecule has 7 nitrogen and oxygen atoms in total. The van der Waals surface area contributed by atoms with Gasteiger partial charge in [0.2, 0.25) is 0 Å². The highest BCUT2D eigenvalue weighted by atomic mass is 32.2. The van der Waals surface area contributed by atoms with Gasteiger partial charge in [-0.2, -0.15) is 0 Å². The van der Waals surface area contributed by atoms with E-state index in [0.717, 1.165) is 11.4 Å².